The molecule has 0 radical (unpaired) electrons. The Morgan fingerprint density at radius 1 is 0.913 bits per heavy atom. The van der Waals surface area contributed by atoms with Crippen LogP contribution in [0.4, 0.5) is 0 Å². The van der Waals surface area contributed by atoms with Crippen molar-refractivity contribution in [2.45, 2.75) is 71.1 Å². The SMILES string of the molecule is CCCCCCCC[c-]1ccc2cc3c(cc21)CCC3.[CH3-].[CH3-].[Hf]. The quantitative estimate of drug-likeness (QED) is 0.233. The molecule has 0 N–H and O–H groups in total. The fourth-order valence-electron chi connectivity index (χ4n) is 3.65. The van der Waals surface area contributed by atoms with Gasteiger partial charge in [-0.15, -0.1) is 34.5 Å². The molecule has 2 aromatic rings. The van der Waals surface area contributed by atoms with Gasteiger partial charge in [-0.3, -0.25) is 0 Å². The van der Waals surface area contributed by atoms with Crippen LogP contribution in [0.1, 0.15) is 68.6 Å². The van der Waals surface area contributed by atoms with Gasteiger partial charge in [-0.05, 0) is 19.3 Å². The molecule has 1 heteroatoms. The molecule has 0 saturated heterocycles. The molecule has 2 aromatic carbocycles. The molecule has 0 fully saturated rings. The normalized spacial score (nSPS) is 12.2. The second-order valence-corrected chi connectivity index (χ2v) is 6.44. The molecule has 0 saturated carbocycles. The predicted molar refractivity (Wildman–Crippen MR) is 101 cm³/mol. The molecule has 0 aromatic heterocycles. The van der Waals surface area contributed by atoms with Gasteiger partial charge in [-0.1, -0.05) is 63.0 Å². The third-order valence-corrected chi connectivity index (χ3v) is 4.87. The Morgan fingerprint density at radius 2 is 1.57 bits per heavy atom. The summed E-state index contributed by atoms with van der Waals surface area (Å²) in [7, 11) is 0. The first-order valence-electron chi connectivity index (χ1n) is 8.58. The monoisotopic (exact) mass is 477 g/mol. The molecule has 0 bridgehead atoms. The fraction of sp³-hybridized carbons (Fsp3) is 0.500. The van der Waals surface area contributed by atoms with Crippen LogP contribution in [-0.4, -0.2) is 0 Å². The summed E-state index contributed by atoms with van der Waals surface area (Å²) in [4.78, 5) is 0. The smallest absolute Gasteiger partial charge is 0 e. The van der Waals surface area contributed by atoms with E-state index in [4.69, 9.17) is 0 Å². The second-order valence-electron chi connectivity index (χ2n) is 6.44. The first kappa shape index (κ1) is 22.7. The van der Waals surface area contributed by atoms with Crippen molar-refractivity contribution in [3.8, 4) is 0 Å². The molecule has 1 aliphatic carbocycles. The van der Waals surface area contributed by atoms with Crippen molar-refractivity contribution < 1.29 is 25.8 Å². The van der Waals surface area contributed by atoms with Gasteiger partial charge in [-0.25, -0.2) is 0 Å². The maximum Gasteiger partial charge on any atom is 0 e. The molecule has 3 rings (SSSR count). The summed E-state index contributed by atoms with van der Waals surface area (Å²) in [5.74, 6) is 0. The molecule has 0 spiro atoms. The number of aryl methyl sites for hydroxylation is 3. The van der Waals surface area contributed by atoms with E-state index < -0.39 is 0 Å². The molecule has 0 unspecified atom stereocenters. The zero-order valence-corrected chi connectivity index (χ0v) is 19.0. The van der Waals surface area contributed by atoms with Crippen molar-refractivity contribution in [3.05, 3.63) is 55.8 Å². The van der Waals surface area contributed by atoms with Crippen molar-refractivity contribution in [2.75, 3.05) is 0 Å². The molecule has 0 amide bonds. The number of hydrogen-bond acceptors (Lipinski definition) is 0. The third-order valence-electron chi connectivity index (χ3n) is 4.87. The van der Waals surface area contributed by atoms with E-state index in [9.17, 15) is 0 Å². The Kier molecular flexibility index (Phi) is 11.1. The van der Waals surface area contributed by atoms with Gasteiger partial charge in [0.1, 0.15) is 0 Å². The standard InChI is InChI=1S/C20H27.2CH3.Hf/c1-2-3-4-5-6-7-9-16-12-13-19-14-17-10-8-11-18(17)15-20(16)19;;;/h12-15H,2-11H2,1H3;2*1H3;/q3*-1;. The zero-order chi connectivity index (χ0) is 13.8. The van der Waals surface area contributed by atoms with Gasteiger partial charge >= 0.3 is 0 Å². The van der Waals surface area contributed by atoms with E-state index in [1.165, 1.54) is 69.6 Å². The van der Waals surface area contributed by atoms with Crippen LogP contribution in [0.2, 0.25) is 0 Å². The summed E-state index contributed by atoms with van der Waals surface area (Å²) in [6.45, 7) is 2.29. The molecule has 0 aliphatic heterocycles. The van der Waals surface area contributed by atoms with Gasteiger partial charge in [0.05, 0.1) is 0 Å². The summed E-state index contributed by atoms with van der Waals surface area (Å²) < 4.78 is 0. The van der Waals surface area contributed by atoms with Gasteiger partial charge in [-0.2, -0.15) is 6.07 Å². The maximum atomic E-state index is 2.49. The van der Waals surface area contributed by atoms with E-state index in [0.29, 0.717) is 0 Å². The van der Waals surface area contributed by atoms with Crippen LogP contribution in [-0.2, 0) is 45.1 Å². The molecule has 0 atom stereocenters. The van der Waals surface area contributed by atoms with Crippen LogP contribution in [0.25, 0.3) is 10.8 Å². The van der Waals surface area contributed by atoms with Crippen LogP contribution >= 0.6 is 0 Å². The van der Waals surface area contributed by atoms with Gasteiger partial charge < -0.3 is 14.9 Å². The van der Waals surface area contributed by atoms with E-state index in [0.717, 1.165) is 0 Å². The van der Waals surface area contributed by atoms with E-state index in [1.807, 2.05) is 0 Å². The van der Waals surface area contributed by atoms with Crippen molar-refractivity contribution in [1.82, 2.24) is 0 Å². The van der Waals surface area contributed by atoms with Crippen LogP contribution in [0.15, 0.2) is 24.3 Å². The number of hydrogen-bond donors (Lipinski definition) is 0. The van der Waals surface area contributed by atoms with Crippen molar-refractivity contribution >= 4 is 10.8 Å². The van der Waals surface area contributed by atoms with Crippen molar-refractivity contribution in [1.29, 1.82) is 0 Å². The number of fused-ring (bicyclic) bond motifs is 2. The second kappa shape index (κ2) is 11.3. The van der Waals surface area contributed by atoms with Crippen molar-refractivity contribution in [2.24, 2.45) is 0 Å². The van der Waals surface area contributed by atoms with E-state index in [-0.39, 0.29) is 40.7 Å². The first-order valence-corrected chi connectivity index (χ1v) is 8.58. The predicted octanol–water partition coefficient (Wildman–Crippen LogP) is 6.85. The Labute approximate surface area is 163 Å². The van der Waals surface area contributed by atoms with Crippen LogP contribution in [0.5, 0.6) is 0 Å². The minimum Gasteiger partial charge on any atom is -0.358 e. The Morgan fingerprint density at radius 3 is 2.30 bits per heavy atom. The zero-order valence-electron chi connectivity index (χ0n) is 15.4. The topological polar surface area (TPSA) is 0 Å². The van der Waals surface area contributed by atoms with Gasteiger partial charge in [0.25, 0.3) is 0 Å². The molecule has 1 aliphatic rings. The van der Waals surface area contributed by atoms with Gasteiger partial charge in [0.15, 0.2) is 0 Å². The molecular weight excluding hydrogens is 443 g/mol. The Balaban J connectivity index is 0.00000161. The summed E-state index contributed by atoms with van der Waals surface area (Å²) in [5.41, 5.74) is 4.81. The van der Waals surface area contributed by atoms with Crippen LogP contribution in [0, 0.1) is 14.9 Å². The van der Waals surface area contributed by atoms with Gasteiger partial charge in [0, 0.05) is 25.8 Å². The van der Waals surface area contributed by atoms with E-state index in [1.54, 1.807) is 22.1 Å². The van der Waals surface area contributed by atoms with E-state index in [2.05, 4.69) is 31.2 Å². The minimum atomic E-state index is 0. The molecular formula is C22H33Hf-3. The molecule has 23 heavy (non-hydrogen) atoms. The Hall–Kier alpha value is -0.300. The first-order chi connectivity index (χ1) is 9.88. The summed E-state index contributed by atoms with van der Waals surface area (Å²) >= 11 is 0. The molecule has 0 nitrogen and oxygen atoms in total. The third kappa shape index (κ3) is 5.62. The maximum absolute atomic E-state index is 2.49. The minimum absolute atomic E-state index is 0. The summed E-state index contributed by atoms with van der Waals surface area (Å²) in [6.07, 6.45) is 13.6. The van der Waals surface area contributed by atoms with Crippen LogP contribution < -0.4 is 0 Å². The molecule has 128 valence electrons. The fourth-order valence-corrected chi connectivity index (χ4v) is 3.65. The number of rotatable bonds is 7. The number of benzene rings is 1. The molecule has 0 heterocycles. The largest absolute Gasteiger partial charge is 0.358 e. The average molecular weight is 476 g/mol. The van der Waals surface area contributed by atoms with Crippen LogP contribution in [0.3, 0.4) is 0 Å². The summed E-state index contributed by atoms with van der Waals surface area (Å²) in [6, 6.07) is 9.64. The average Bonchev–Trinajstić information content (AvgIpc) is 3.06. The van der Waals surface area contributed by atoms with E-state index >= 15 is 0 Å². The summed E-state index contributed by atoms with van der Waals surface area (Å²) in [5, 5.41) is 3.02. The Bertz CT molecular complexity index is 565. The van der Waals surface area contributed by atoms with Crippen molar-refractivity contribution in [3.63, 3.8) is 0 Å². The number of unbranched alkanes of at least 4 members (excludes halogenated alkanes) is 5. The van der Waals surface area contributed by atoms with Gasteiger partial charge in [0.2, 0.25) is 0 Å².